The molecule has 1 aromatic heterocycles. The Hall–Kier alpha value is -0.390. The third-order valence-electron chi connectivity index (χ3n) is 3.00. The van der Waals surface area contributed by atoms with Crippen LogP contribution in [-0.4, -0.2) is 37.6 Å². The molecule has 2 rings (SSSR count). The number of carbonyl (C=O) groups is 1. The Morgan fingerprint density at radius 3 is 2.82 bits per heavy atom. The lowest BCUT2D eigenvalue weighted by Crippen LogP contribution is -2.33. The van der Waals surface area contributed by atoms with Gasteiger partial charge < -0.3 is 9.64 Å². The second-order valence-electron chi connectivity index (χ2n) is 4.35. The zero-order valence-electron chi connectivity index (χ0n) is 9.82. The third-order valence-corrected chi connectivity index (χ3v) is 4.62. The maximum Gasteiger partial charge on any atom is 0.263 e. The van der Waals surface area contributed by atoms with Crippen molar-refractivity contribution in [3.05, 3.63) is 20.8 Å². The van der Waals surface area contributed by atoms with E-state index in [1.54, 1.807) is 0 Å². The van der Waals surface area contributed by atoms with Gasteiger partial charge in [-0.05, 0) is 46.8 Å². The second-order valence-corrected chi connectivity index (χ2v) is 6.81. The molecule has 0 N–H and O–H groups in total. The summed E-state index contributed by atoms with van der Waals surface area (Å²) in [5.74, 6) is 0.702. The molecule has 1 aliphatic heterocycles. The van der Waals surface area contributed by atoms with Crippen LogP contribution in [-0.2, 0) is 4.74 Å². The van der Waals surface area contributed by atoms with Crippen molar-refractivity contribution in [2.24, 2.45) is 5.92 Å². The van der Waals surface area contributed by atoms with E-state index >= 15 is 0 Å². The molecular formula is C12H16BrNO2S. The van der Waals surface area contributed by atoms with Gasteiger partial charge in [0.1, 0.15) is 0 Å². The van der Waals surface area contributed by atoms with E-state index in [1.807, 2.05) is 24.1 Å². The van der Waals surface area contributed by atoms with Crippen LogP contribution in [0.1, 0.15) is 22.5 Å². The van der Waals surface area contributed by atoms with E-state index in [-0.39, 0.29) is 5.91 Å². The molecule has 3 nitrogen and oxygen atoms in total. The number of nitrogens with zero attached hydrogens (tertiary/aromatic N) is 1. The first-order chi connectivity index (χ1) is 8.16. The van der Waals surface area contributed by atoms with Crippen LogP contribution in [0.2, 0.25) is 0 Å². The van der Waals surface area contributed by atoms with Crippen molar-refractivity contribution in [1.29, 1.82) is 0 Å². The van der Waals surface area contributed by atoms with Gasteiger partial charge in [0.05, 0.1) is 8.66 Å². The lowest BCUT2D eigenvalue weighted by Gasteiger charge is -2.26. The number of ether oxygens (including phenoxy) is 1. The molecule has 0 unspecified atom stereocenters. The largest absolute Gasteiger partial charge is 0.381 e. The molecule has 94 valence electrons. The van der Waals surface area contributed by atoms with Crippen LogP contribution in [0.5, 0.6) is 0 Å². The Kier molecular flexibility index (Phi) is 4.59. The SMILES string of the molecule is CN(CC1CCOCC1)C(=O)c1ccc(Br)s1. The molecule has 0 spiro atoms. The number of hydrogen-bond donors (Lipinski definition) is 0. The van der Waals surface area contributed by atoms with Gasteiger partial charge in [-0.15, -0.1) is 11.3 Å². The fourth-order valence-electron chi connectivity index (χ4n) is 2.02. The molecule has 1 fully saturated rings. The molecule has 0 atom stereocenters. The molecule has 0 aliphatic carbocycles. The van der Waals surface area contributed by atoms with Crippen LogP contribution in [0, 0.1) is 5.92 Å². The van der Waals surface area contributed by atoms with E-state index in [1.165, 1.54) is 11.3 Å². The van der Waals surface area contributed by atoms with Crippen molar-refractivity contribution in [3.63, 3.8) is 0 Å². The molecule has 0 radical (unpaired) electrons. The fraction of sp³-hybridized carbons (Fsp3) is 0.583. The second kappa shape index (κ2) is 5.98. The van der Waals surface area contributed by atoms with Crippen molar-refractivity contribution in [1.82, 2.24) is 4.90 Å². The quantitative estimate of drug-likeness (QED) is 0.857. The molecule has 0 bridgehead atoms. The summed E-state index contributed by atoms with van der Waals surface area (Å²) in [5, 5.41) is 0. The molecule has 0 saturated carbocycles. The summed E-state index contributed by atoms with van der Waals surface area (Å²) >= 11 is 4.87. The first kappa shape index (κ1) is 13.1. The van der Waals surface area contributed by atoms with Gasteiger partial charge in [-0.3, -0.25) is 4.79 Å². The maximum absolute atomic E-state index is 12.1. The molecule has 1 amide bonds. The topological polar surface area (TPSA) is 29.5 Å². The van der Waals surface area contributed by atoms with Crippen molar-refractivity contribution in [2.45, 2.75) is 12.8 Å². The standard InChI is InChI=1S/C12H16BrNO2S/c1-14(8-9-4-6-16-7-5-9)12(15)10-2-3-11(13)17-10/h2-3,9H,4-8H2,1H3. The summed E-state index contributed by atoms with van der Waals surface area (Å²) in [6.45, 7) is 2.49. The molecule has 0 aromatic carbocycles. The van der Waals surface area contributed by atoms with Gasteiger partial charge in [-0.1, -0.05) is 0 Å². The fourth-order valence-corrected chi connectivity index (χ4v) is 3.40. The van der Waals surface area contributed by atoms with Crippen LogP contribution in [0.4, 0.5) is 0 Å². The smallest absolute Gasteiger partial charge is 0.263 e. The first-order valence-corrected chi connectivity index (χ1v) is 7.36. The lowest BCUT2D eigenvalue weighted by molar-refractivity contribution is 0.0499. The van der Waals surface area contributed by atoms with Crippen LogP contribution in [0.25, 0.3) is 0 Å². The number of halogens is 1. The van der Waals surface area contributed by atoms with E-state index in [2.05, 4.69) is 15.9 Å². The number of thiophene rings is 1. The predicted molar refractivity (Wildman–Crippen MR) is 72.5 cm³/mol. The van der Waals surface area contributed by atoms with Crippen molar-refractivity contribution in [2.75, 3.05) is 26.8 Å². The molecule has 17 heavy (non-hydrogen) atoms. The number of carbonyl (C=O) groups excluding carboxylic acids is 1. The first-order valence-electron chi connectivity index (χ1n) is 5.75. The minimum Gasteiger partial charge on any atom is -0.381 e. The average Bonchev–Trinajstić information content (AvgIpc) is 2.76. The monoisotopic (exact) mass is 317 g/mol. The van der Waals surface area contributed by atoms with E-state index in [0.29, 0.717) is 5.92 Å². The zero-order valence-corrected chi connectivity index (χ0v) is 12.2. The third kappa shape index (κ3) is 3.53. The van der Waals surface area contributed by atoms with Gasteiger partial charge in [0, 0.05) is 26.8 Å². The van der Waals surface area contributed by atoms with Crippen molar-refractivity contribution in [3.8, 4) is 0 Å². The van der Waals surface area contributed by atoms with Gasteiger partial charge in [0.2, 0.25) is 0 Å². The highest BCUT2D eigenvalue weighted by Gasteiger charge is 2.20. The minimum atomic E-state index is 0.118. The summed E-state index contributed by atoms with van der Waals surface area (Å²) in [5.41, 5.74) is 0. The van der Waals surface area contributed by atoms with Crippen LogP contribution in [0.3, 0.4) is 0 Å². The molecular weight excluding hydrogens is 302 g/mol. The summed E-state index contributed by atoms with van der Waals surface area (Å²) in [7, 11) is 1.88. The minimum absolute atomic E-state index is 0.118. The van der Waals surface area contributed by atoms with Crippen LogP contribution >= 0.6 is 27.3 Å². The van der Waals surface area contributed by atoms with Gasteiger partial charge in [0.15, 0.2) is 0 Å². The highest BCUT2D eigenvalue weighted by atomic mass is 79.9. The molecule has 1 aliphatic rings. The van der Waals surface area contributed by atoms with Crippen LogP contribution in [0.15, 0.2) is 15.9 Å². The Bertz CT molecular complexity index is 388. The Morgan fingerprint density at radius 2 is 2.24 bits per heavy atom. The van der Waals surface area contributed by atoms with E-state index in [0.717, 1.165) is 41.3 Å². The number of rotatable bonds is 3. The number of hydrogen-bond acceptors (Lipinski definition) is 3. The maximum atomic E-state index is 12.1. The normalized spacial score (nSPS) is 17.1. The lowest BCUT2D eigenvalue weighted by atomic mass is 10.00. The van der Waals surface area contributed by atoms with E-state index in [9.17, 15) is 4.79 Å². The Morgan fingerprint density at radius 1 is 1.53 bits per heavy atom. The summed E-state index contributed by atoms with van der Waals surface area (Å²) in [4.78, 5) is 14.7. The average molecular weight is 318 g/mol. The van der Waals surface area contributed by atoms with Crippen molar-refractivity contribution >= 4 is 33.2 Å². The Balaban J connectivity index is 1.90. The zero-order chi connectivity index (χ0) is 12.3. The summed E-state index contributed by atoms with van der Waals surface area (Å²) in [6.07, 6.45) is 2.12. The predicted octanol–water partition coefficient (Wildman–Crippen LogP) is 3.01. The highest BCUT2D eigenvalue weighted by molar-refractivity contribution is 9.11. The van der Waals surface area contributed by atoms with Crippen LogP contribution < -0.4 is 0 Å². The molecule has 2 heterocycles. The van der Waals surface area contributed by atoms with Crippen molar-refractivity contribution < 1.29 is 9.53 Å². The summed E-state index contributed by atoms with van der Waals surface area (Å²) < 4.78 is 6.32. The Labute approximate surface area is 114 Å². The van der Waals surface area contributed by atoms with Gasteiger partial charge >= 0.3 is 0 Å². The van der Waals surface area contributed by atoms with Gasteiger partial charge in [-0.25, -0.2) is 0 Å². The summed E-state index contributed by atoms with van der Waals surface area (Å²) in [6, 6.07) is 3.79. The molecule has 1 aromatic rings. The molecule has 5 heteroatoms. The number of amides is 1. The van der Waals surface area contributed by atoms with E-state index < -0.39 is 0 Å². The molecule has 1 saturated heterocycles. The van der Waals surface area contributed by atoms with Gasteiger partial charge in [0.25, 0.3) is 5.91 Å². The van der Waals surface area contributed by atoms with E-state index in [4.69, 9.17) is 4.74 Å². The van der Waals surface area contributed by atoms with Gasteiger partial charge in [-0.2, -0.15) is 0 Å². The highest BCUT2D eigenvalue weighted by Crippen LogP contribution is 2.24.